The molecule has 1 atom stereocenters. The summed E-state index contributed by atoms with van der Waals surface area (Å²) in [5.41, 5.74) is 0.599. The Labute approximate surface area is 146 Å². The Hall–Kier alpha value is -2.27. The third kappa shape index (κ3) is 5.13. The minimum atomic E-state index is -0.578. The first-order chi connectivity index (χ1) is 11.6. The van der Waals surface area contributed by atoms with Gasteiger partial charge in [0.05, 0.1) is 13.7 Å². The fourth-order valence-corrected chi connectivity index (χ4v) is 3.16. The standard InChI is InChI=1S/C19H20O4S/c1-3-23-19(21)18(13-17(20)14-7-5-4-6-8-14)24-16-11-9-15(22-2)10-12-16/h4-12,18H,3,13H2,1-2H3. The van der Waals surface area contributed by atoms with Crippen molar-refractivity contribution in [3.05, 3.63) is 60.2 Å². The van der Waals surface area contributed by atoms with Gasteiger partial charge in [0, 0.05) is 16.9 Å². The number of carbonyl (C=O) groups excluding carboxylic acids is 2. The van der Waals surface area contributed by atoms with E-state index in [0.717, 1.165) is 10.6 Å². The highest BCUT2D eigenvalue weighted by Crippen LogP contribution is 2.29. The van der Waals surface area contributed by atoms with Gasteiger partial charge in [0.2, 0.25) is 0 Å². The third-order valence-corrected chi connectivity index (χ3v) is 4.54. The third-order valence-electron chi connectivity index (χ3n) is 3.35. The molecule has 0 amide bonds. The highest BCUT2D eigenvalue weighted by atomic mass is 32.2. The van der Waals surface area contributed by atoms with E-state index in [-0.39, 0.29) is 24.8 Å². The van der Waals surface area contributed by atoms with Gasteiger partial charge in [0.25, 0.3) is 0 Å². The zero-order valence-electron chi connectivity index (χ0n) is 13.7. The van der Waals surface area contributed by atoms with Crippen LogP contribution in [0.1, 0.15) is 23.7 Å². The van der Waals surface area contributed by atoms with Crippen molar-refractivity contribution in [2.45, 2.75) is 23.5 Å². The van der Waals surface area contributed by atoms with E-state index in [9.17, 15) is 9.59 Å². The van der Waals surface area contributed by atoms with E-state index in [1.807, 2.05) is 42.5 Å². The molecule has 0 aliphatic carbocycles. The molecule has 0 spiro atoms. The van der Waals surface area contributed by atoms with Gasteiger partial charge in [-0.25, -0.2) is 0 Å². The van der Waals surface area contributed by atoms with Crippen molar-refractivity contribution < 1.29 is 19.1 Å². The molecule has 0 bridgehead atoms. The molecule has 24 heavy (non-hydrogen) atoms. The number of thioether (sulfide) groups is 1. The maximum absolute atomic E-state index is 12.4. The Kier molecular flexibility index (Phi) is 6.88. The van der Waals surface area contributed by atoms with Gasteiger partial charge in [-0.2, -0.15) is 0 Å². The van der Waals surface area contributed by atoms with Gasteiger partial charge in [-0.15, -0.1) is 11.8 Å². The zero-order valence-corrected chi connectivity index (χ0v) is 14.5. The van der Waals surface area contributed by atoms with Crippen molar-refractivity contribution >= 4 is 23.5 Å². The molecule has 2 rings (SSSR count). The lowest BCUT2D eigenvalue weighted by molar-refractivity contribution is -0.142. The number of ketones is 1. The lowest BCUT2D eigenvalue weighted by atomic mass is 10.1. The SMILES string of the molecule is CCOC(=O)C(CC(=O)c1ccccc1)Sc1ccc(OC)cc1. The Morgan fingerprint density at radius 1 is 1.04 bits per heavy atom. The quantitative estimate of drug-likeness (QED) is 0.412. The van der Waals surface area contributed by atoms with Crippen LogP contribution in [0.2, 0.25) is 0 Å². The molecule has 1 unspecified atom stereocenters. The Morgan fingerprint density at radius 2 is 1.71 bits per heavy atom. The molecule has 0 saturated heterocycles. The predicted molar refractivity (Wildman–Crippen MR) is 94.7 cm³/mol. The number of methoxy groups -OCH3 is 1. The number of Topliss-reactive ketones (excluding diaryl/α,β-unsaturated/α-hetero) is 1. The van der Waals surface area contributed by atoms with Gasteiger partial charge in [0.15, 0.2) is 5.78 Å². The predicted octanol–water partition coefficient (Wildman–Crippen LogP) is 3.99. The van der Waals surface area contributed by atoms with Crippen molar-refractivity contribution in [2.75, 3.05) is 13.7 Å². The number of esters is 1. The van der Waals surface area contributed by atoms with Crippen LogP contribution in [-0.2, 0) is 9.53 Å². The summed E-state index contributed by atoms with van der Waals surface area (Å²) in [6.45, 7) is 2.05. The van der Waals surface area contributed by atoms with Crippen LogP contribution in [0, 0.1) is 0 Å². The molecule has 2 aromatic rings. The monoisotopic (exact) mass is 344 g/mol. The molecular weight excluding hydrogens is 324 g/mol. The first-order valence-electron chi connectivity index (χ1n) is 7.69. The van der Waals surface area contributed by atoms with E-state index in [4.69, 9.17) is 9.47 Å². The highest BCUT2D eigenvalue weighted by Gasteiger charge is 2.25. The Balaban J connectivity index is 2.11. The average Bonchev–Trinajstić information content (AvgIpc) is 2.62. The molecule has 5 heteroatoms. The Morgan fingerprint density at radius 3 is 2.29 bits per heavy atom. The number of benzene rings is 2. The second-order valence-electron chi connectivity index (χ2n) is 5.03. The summed E-state index contributed by atoms with van der Waals surface area (Å²) in [5.74, 6) is 0.296. The summed E-state index contributed by atoms with van der Waals surface area (Å²) in [5, 5.41) is -0.578. The minimum absolute atomic E-state index is 0.0744. The first kappa shape index (κ1) is 18.1. The molecule has 2 aromatic carbocycles. The number of hydrogen-bond donors (Lipinski definition) is 0. The molecule has 0 aromatic heterocycles. The molecule has 0 aliphatic heterocycles. The second kappa shape index (κ2) is 9.13. The van der Waals surface area contributed by atoms with Gasteiger partial charge >= 0.3 is 5.97 Å². The van der Waals surface area contributed by atoms with Gasteiger partial charge in [-0.05, 0) is 31.2 Å². The number of carbonyl (C=O) groups is 2. The van der Waals surface area contributed by atoms with Crippen LogP contribution >= 0.6 is 11.8 Å². The lowest BCUT2D eigenvalue weighted by Crippen LogP contribution is -2.23. The van der Waals surface area contributed by atoms with Crippen LogP contribution < -0.4 is 4.74 Å². The number of rotatable bonds is 8. The normalized spacial score (nSPS) is 11.6. The van der Waals surface area contributed by atoms with E-state index in [0.29, 0.717) is 5.56 Å². The average molecular weight is 344 g/mol. The van der Waals surface area contributed by atoms with Gasteiger partial charge in [0.1, 0.15) is 11.0 Å². The fraction of sp³-hybridized carbons (Fsp3) is 0.263. The van der Waals surface area contributed by atoms with Gasteiger partial charge < -0.3 is 9.47 Å². The summed E-state index contributed by atoms with van der Waals surface area (Å²) >= 11 is 1.33. The van der Waals surface area contributed by atoms with Crippen molar-refractivity contribution in [3.63, 3.8) is 0 Å². The maximum atomic E-state index is 12.4. The van der Waals surface area contributed by atoms with Crippen molar-refractivity contribution in [3.8, 4) is 5.75 Å². The van der Waals surface area contributed by atoms with Gasteiger partial charge in [-0.1, -0.05) is 30.3 Å². The summed E-state index contributed by atoms with van der Waals surface area (Å²) < 4.78 is 10.2. The number of ether oxygens (including phenoxy) is 2. The molecule has 0 radical (unpaired) electrons. The molecule has 0 aliphatic rings. The van der Waals surface area contributed by atoms with Crippen LogP contribution in [0.5, 0.6) is 5.75 Å². The maximum Gasteiger partial charge on any atom is 0.319 e. The highest BCUT2D eigenvalue weighted by molar-refractivity contribution is 8.00. The number of hydrogen-bond acceptors (Lipinski definition) is 5. The molecule has 126 valence electrons. The lowest BCUT2D eigenvalue weighted by Gasteiger charge is -2.15. The molecule has 0 heterocycles. The van der Waals surface area contributed by atoms with E-state index in [2.05, 4.69) is 0 Å². The second-order valence-corrected chi connectivity index (χ2v) is 6.30. The first-order valence-corrected chi connectivity index (χ1v) is 8.57. The van der Waals surface area contributed by atoms with Crippen LogP contribution in [-0.4, -0.2) is 30.7 Å². The van der Waals surface area contributed by atoms with Crippen LogP contribution in [0.4, 0.5) is 0 Å². The molecule has 4 nitrogen and oxygen atoms in total. The molecule has 0 fully saturated rings. The topological polar surface area (TPSA) is 52.6 Å². The summed E-state index contributed by atoms with van der Waals surface area (Å²) in [6.07, 6.45) is 0.0968. The summed E-state index contributed by atoms with van der Waals surface area (Å²) in [4.78, 5) is 25.5. The minimum Gasteiger partial charge on any atom is -0.497 e. The molecule has 0 saturated carbocycles. The van der Waals surface area contributed by atoms with E-state index < -0.39 is 5.25 Å². The van der Waals surface area contributed by atoms with E-state index in [1.54, 1.807) is 26.2 Å². The van der Waals surface area contributed by atoms with Crippen LogP contribution in [0.15, 0.2) is 59.5 Å². The van der Waals surface area contributed by atoms with Crippen LogP contribution in [0.3, 0.4) is 0 Å². The summed E-state index contributed by atoms with van der Waals surface area (Å²) in [7, 11) is 1.60. The van der Waals surface area contributed by atoms with Crippen LogP contribution in [0.25, 0.3) is 0 Å². The summed E-state index contributed by atoms with van der Waals surface area (Å²) in [6, 6.07) is 16.3. The smallest absolute Gasteiger partial charge is 0.319 e. The van der Waals surface area contributed by atoms with Crippen molar-refractivity contribution in [1.82, 2.24) is 0 Å². The van der Waals surface area contributed by atoms with E-state index >= 15 is 0 Å². The largest absolute Gasteiger partial charge is 0.497 e. The zero-order chi connectivity index (χ0) is 17.4. The molecular formula is C19H20O4S. The van der Waals surface area contributed by atoms with Gasteiger partial charge in [-0.3, -0.25) is 9.59 Å². The van der Waals surface area contributed by atoms with Crippen molar-refractivity contribution in [1.29, 1.82) is 0 Å². The fourth-order valence-electron chi connectivity index (χ4n) is 2.14. The van der Waals surface area contributed by atoms with E-state index in [1.165, 1.54) is 11.8 Å². The Bertz CT molecular complexity index is 668. The molecule has 0 N–H and O–H groups in total. The van der Waals surface area contributed by atoms with Crippen molar-refractivity contribution in [2.24, 2.45) is 0 Å².